The number of hydrogen-bond acceptors (Lipinski definition) is 5. The fourth-order valence-corrected chi connectivity index (χ4v) is 4.20. The normalized spacial score (nSPS) is 10.4. The lowest BCUT2D eigenvalue weighted by molar-refractivity contribution is 1.21. The van der Waals surface area contributed by atoms with E-state index in [1.165, 1.54) is 20.7 Å². The first-order valence-corrected chi connectivity index (χ1v) is 7.04. The first-order chi connectivity index (χ1) is 6.83. The summed E-state index contributed by atoms with van der Waals surface area (Å²) in [6.45, 7) is 0. The van der Waals surface area contributed by atoms with E-state index < -0.39 is 0 Å². The van der Waals surface area contributed by atoms with Crippen LogP contribution in [0.15, 0.2) is 23.4 Å². The molecule has 0 unspecified atom stereocenters. The highest BCUT2D eigenvalue weighted by molar-refractivity contribution is 9.08. The first kappa shape index (κ1) is 9.95. The summed E-state index contributed by atoms with van der Waals surface area (Å²) >= 11 is 3.30. The van der Waals surface area contributed by atoms with Gasteiger partial charge in [-0.15, -0.1) is 0 Å². The van der Waals surface area contributed by atoms with Crippen molar-refractivity contribution in [1.82, 2.24) is 9.97 Å². The zero-order valence-electron chi connectivity index (χ0n) is 6.94. The van der Waals surface area contributed by atoms with E-state index in [0.717, 1.165) is 16.1 Å². The van der Waals surface area contributed by atoms with Crippen molar-refractivity contribution >= 4 is 36.6 Å². The summed E-state index contributed by atoms with van der Waals surface area (Å²) in [5, 5.41) is 0.567. The summed E-state index contributed by atoms with van der Waals surface area (Å²) in [7, 11) is 2.69. The topological polar surface area (TPSA) is 42.9 Å². The molecule has 0 aliphatic carbocycles. The molecule has 0 spiro atoms. The van der Waals surface area contributed by atoms with Crippen molar-refractivity contribution in [3.05, 3.63) is 33.7 Å². The van der Waals surface area contributed by atoms with Gasteiger partial charge in [-0.2, -0.15) is 0 Å². The number of hydrogen-bond donors (Lipinski definition) is 0. The predicted octanol–water partition coefficient (Wildman–Crippen LogP) is 2.52. The van der Waals surface area contributed by atoms with Gasteiger partial charge in [0, 0.05) is 23.3 Å². The van der Waals surface area contributed by atoms with Gasteiger partial charge in [-0.05, 0) is 10.3 Å². The fraction of sp³-hybridized carbons (Fsp3) is 0.125. The lowest BCUT2D eigenvalue weighted by atomic mass is 10.2. The van der Waals surface area contributed by atoms with Crippen molar-refractivity contribution in [2.75, 3.05) is 0 Å². The van der Waals surface area contributed by atoms with Gasteiger partial charge in [0.25, 0.3) is 0 Å². The summed E-state index contributed by atoms with van der Waals surface area (Å²) in [5.41, 5.74) is 1.55. The summed E-state index contributed by atoms with van der Waals surface area (Å²) in [4.78, 5) is 20.5. The SMILES string of the molecule is O=c1ssc(-c2cnccn2)c1CBr. The molecule has 0 amide bonds. The van der Waals surface area contributed by atoms with E-state index in [1.54, 1.807) is 18.6 Å². The zero-order chi connectivity index (χ0) is 9.97. The van der Waals surface area contributed by atoms with Crippen molar-refractivity contribution < 1.29 is 0 Å². The molecule has 72 valence electrons. The molecule has 0 bridgehead atoms. The molecule has 2 rings (SSSR count). The Bertz CT molecular complexity index is 480. The van der Waals surface area contributed by atoms with Gasteiger partial charge in [0.1, 0.15) is 0 Å². The number of rotatable bonds is 2. The number of halogens is 1. The van der Waals surface area contributed by atoms with E-state index in [0.29, 0.717) is 5.33 Å². The van der Waals surface area contributed by atoms with E-state index in [-0.39, 0.29) is 4.74 Å². The lowest BCUT2D eigenvalue weighted by Crippen LogP contribution is -1.97. The molecule has 0 fully saturated rings. The summed E-state index contributed by atoms with van der Waals surface area (Å²) < 4.78 is 0.104. The van der Waals surface area contributed by atoms with Gasteiger partial charge >= 0.3 is 0 Å². The lowest BCUT2D eigenvalue weighted by Gasteiger charge is -1.96. The molecule has 0 saturated heterocycles. The van der Waals surface area contributed by atoms with Gasteiger partial charge < -0.3 is 0 Å². The second kappa shape index (κ2) is 4.29. The van der Waals surface area contributed by atoms with Gasteiger partial charge in [0.05, 0.1) is 16.8 Å². The minimum Gasteiger partial charge on any atom is -0.277 e. The Kier molecular flexibility index (Phi) is 3.05. The second-order valence-electron chi connectivity index (χ2n) is 2.49. The minimum absolute atomic E-state index is 0.104. The highest BCUT2D eigenvalue weighted by Crippen LogP contribution is 2.28. The zero-order valence-corrected chi connectivity index (χ0v) is 10.2. The van der Waals surface area contributed by atoms with E-state index in [1.807, 2.05) is 0 Å². The molecule has 0 aromatic carbocycles. The van der Waals surface area contributed by atoms with Crippen LogP contribution in [0.1, 0.15) is 5.56 Å². The molecule has 2 aromatic rings. The van der Waals surface area contributed by atoms with Gasteiger partial charge in [0.15, 0.2) is 0 Å². The Morgan fingerprint density at radius 3 is 2.86 bits per heavy atom. The van der Waals surface area contributed by atoms with Gasteiger partial charge in [0.2, 0.25) is 4.74 Å². The average molecular weight is 289 g/mol. The van der Waals surface area contributed by atoms with E-state index in [9.17, 15) is 4.79 Å². The molecule has 2 aromatic heterocycles. The molecule has 3 nitrogen and oxygen atoms in total. The molecule has 0 aliphatic heterocycles. The largest absolute Gasteiger partial charge is 0.277 e. The molecule has 0 aliphatic rings. The van der Waals surface area contributed by atoms with E-state index in [2.05, 4.69) is 25.9 Å². The van der Waals surface area contributed by atoms with Crippen LogP contribution in [0.2, 0.25) is 0 Å². The maximum atomic E-state index is 11.4. The standard InChI is InChI=1S/C8H5BrN2OS2/c9-3-5-7(13-14-8(5)12)6-4-10-1-2-11-6/h1-2,4H,3H2. The summed E-state index contributed by atoms with van der Waals surface area (Å²) in [5.74, 6) is 0. The van der Waals surface area contributed by atoms with Crippen molar-refractivity contribution in [3.63, 3.8) is 0 Å². The van der Waals surface area contributed by atoms with Crippen molar-refractivity contribution in [1.29, 1.82) is 0 Å². The molecule has 2 heterocycles. The van der Waals surface area contributed by atoms with E-state index >= 15 is 0 Å². The fourth-order valence-electron chi connectivity index (χ4n) is 1.00. The quantitative estimate of drug-likeness (QED) is 0.630. The smallest absolute Gasteiger partial charge is 0.247 e. The first-order valence-electron chi connectivity index (χ1n) is 3.77. The molecule has 0 N–H and O–H groups in total. The Morgan fingerprint density at radius 1 is 1.36 bits per heavy atom. The Morgan fingerprint density at radius 2 is 2.21 bits per heavy atom. The van der Waals surface area contributed by atoms with Crippen LogP contribution in [0.4, 0.5) is 0 Å². The van der Waals surface area contributed by atoms with Crippen LogP contribution >= 0.6 is 36.6 Å². The Labute approximate surface area is 96.0 Å². The maximum Gasteiger partial charge on any atom is 0.247 e. The molecule has 0 saturated carbocycles. The third kappa shape index (κ3) is 1.77. The highest BCUT2D eigenvalue weighted by atomic mass is 79.9. The average Bonchev–Trinajstić information content (AvgIpc) is 2.61. The molecule has 0 atom stereocenters. The molecular formula is C8H5BrN2OS2. The molecule has 0 radical (unpaired) electrons. The second-order valence-corrected chi connectivity index (χ2v) is 5.16. The van der Waals surface area contributed by atoms with Crippen LogP contribution in [0, 0.1) is 0 Å². The van der Waals surface area contributed by atoms with Gasteiger partial charge in [-0.25, -0.2) is 0 Å². The minimum atomic E-state index is 0.104. The van der Waals surface area contributed by atoms with Gasteiger partial charge in [-0.3, -0.25) is 14.8 Å². The van der Waals surface area contributed by atoms with Crippen LogP contribution < -0.4 is 4.74 Å². The molecule has 6 heteroatoms. The van der Waals surface area contributed by atoms with Crippen molar-refractivity contribution in [2.45, 2.75) is 5.33 Å². The van der Waals surface area contributed by atoms with Crippen LogP contribution in [-0.2, 0) is 5.33 Å². The van der Waals surface area contributed by atoms with Crippen LogP contribution in [-0.4, -0.2) is 9.97 Å². The van der Waals surface area contributed by atoms with Crippen molar-refractivity contribution in [3.8, 4) is 10.6 Å². The Hall–Kier alpha value is -0.590. The van der Waals surface area contributed by atoms with Crippen LogP contribution in [0.25, 0.3) is 10.6 Å². The molecular weight excluding hydrogens is 284 g/mol. The predicted molar refractivity (Wildman–Crippen MR) is 62.1 cm³/mol. The Balaban J connectivity index is 2.57. The third-order valence-electron chi connectivity index (χ3n) is 1.65. The molecule has 14 heavy (non-hydrogen) atoms. The summed E-state index contributed by atoms with van der Waals surface area (Å²) in [6.07, 6.45) is 4.92. The van der Waals surface area contributed by atoms with Crippen LogP contribution in [0.3, 0.4) is 0 Å². The van der Waals surface area contributed by atoms with E-state index in [4.69, 9.17) is 0 Å². The number of nitrogens with zero attached hydrogens (tertiary/aromatic N) is 2. The van der Waals surface area contributed by atoms with Crippen LogP contribution in [0.5, 0.6) is 0 Å². The number of aromatic nitrogens is 2. The summed E-state index contributed by atoms with van der Waals surface area (Å²) in [6, 6.07) is 0. The number of alkyl halides is 1. The third-order valence-corrected chi connectivity index (χ3v) is 4.52. The highest BCUT2D eigenvalue weighted by Gasteiger charge is 2.12. The maximum absolute atomic E-state index is 11.4. The monoisotopic (exact) mass is 288 g/mol. The van der Waals surface area contributed by atoms with Gasteiger partial charge in [-0.1, -0.05) is 26.3 Å². The van der Waals surface area contributed by atoms with Crippen molar-refractivity contribution in [2.24, 2.45) is 0 Å².